The number of amides is 3. The molecule has 8 heteroatoms. The summed E-state index contributed by atoms with van der Waals surface area (Å²) in [5.41, 5.74) is 4.35. The highest BCUT2D eigenvalue weighted by Crippen LogP contribution is 2.29. The molecule has 0 unspecified atom stereocenters. The Morgan fingerprint density at radius 2 is 1.72 bits per heavy atom. The summed E-state index contributed by atoms with van der Waals surface area (Å²) < 4.78 is 0. The predicted molar refractivity (Wildman–Crippen MR) is 130 cm³/mol. The smallest absolute Gasteiger partial charge is 0.290 e. The molecule has 3 amide bonds. The third kappa shape index (κ3) is 4.98. The summed E-state index contributed by atoms with van der Waals surface area (Å²) in [7, 11) is 0. The van der Waals surface area contributed by atoms with Crippen LogP contribution in [0.25, 0.3) is 17.3 Å². The van der Waals surface area contributed by atoms with Crippen molar-refractivity contribution in [2.45, 2.75) is 26.2 Å². The fourth-order valence-corrected chi connectivity index (χ4v) is 4.47. The van der Waals surface area contributed by atoms with Crippen LogP contribution in [0.1, 0.15) is 42.3 Å². The van der Waals surface area contributed by atoms with E-state index in [1.165, 1.54) is 16.9 Å². The second-order valence-electron chi connectivity index (χ2n) is 8.29. The van der Waals surface area contributed by atoms with Crippen molar-refractivity contribution < 1.29 is 14.4 Å². The molecule has 1 aromatic heterocycles. The Balaban J connectivity index is 1.42. The van der Waals surface area contributed by atoms with E-state index >= 15 is 0 Å². The molecular weight excluding hydrogens is 442 g/mol. The van der Waals surface area contributed by atoms with E-state index in [0.717, 1.165) is 28.6 Å². The first-order valence-corrected chi connectivity index (χ1v) is 11.6. The number of hydrogen-bond donors (Lipinski definition) is 2. The van der Waals surface area contributed by atoms with E-state index in [4.69, 9.17) is 0 Å². The van der Waals surface area contributed by atoms with Crippen LogP contribution < -0.4 is 10.6 Å². The van der Waals surface area contributed by atoms with Gasteiger partial charge in [-0.05, 0) is 46.5 Å². The van der Waals surface area contributed by atoms with Crippen LogP contribution in [0.3, 0.4) is 0 Å². The molecule has 4 rings (SSSR count). The largest absolute Gasteiger partial charge is 0.298 e. The third-order valence-electron chi connectivity index (χ3n) is 4.88. The van der Waals surface area contributed by atoms with Crippen LogP contribution >= 0.6 is 23.1 Å². The quantitative estimate of drug-likeness (QED) is 0.486. The number of rotatable bonds is 4. The fourth-order valence-electron chi connectivity index (χ4n) is 3.08. The molecule has 6 nitrogen and oxygen atoms in total. The summed E-state index contributed by atoms with van der Waals surface area (Å²) in [5.74, 6) is -0.675. The van der Waals surface area contributed by atoms with E-state index in [-0.39, 0.29) is 16.6 Å². The first-order valence-electron chi connectivity index (χ1n) is 9.92. The van der Waals surface area contributed by atoms with Crippen LogP contribution in [0, 0.1) is 0 Å². The normalized spacial score (nSPS) is 15.2. The number of hydrogen-bond acceptors (Lipinski definition) is 6. The van der Waals surface area contributed by atoms with Crippen molar-refractivity contribution in [2.75, 3.05) is 5.32 Å². The maximum Gasteiger partial charge on any atom is 0.290 e. The Kier molecular flexibility index (Phi) is 5.99. The molecule has 0 saturated carbocycles. The highest BCUT2D eigenvalue weighted by Gasteiger charge is 2.24. The molecule has 0 atom stereocenters. The van der Waals surface area contributed by atoms with Crippen LogP contribution in [0.15, 0.2) is 58.8 Å². The minimum absolute atomic E-state index is 0.0888. The van der Waals surface area contributed by atoms with E-state index in [9.17, 15) is 14.4 Å². The lowest BCUT2D eigenvalue weighted by atomic mass is 9.86. The predicted octanol–water partition coefficient (Wildman–Crippen LogP) is 5.68. The van der Waals surface area contributed by atoms with Gasteiger partial charge in [0.05, 0.1) is 10.6 Å². The number of nitrogens with zero attached hydrogens (tertiary/aromatic N) is 1. The molecule has 162 valence electrons. The van der Waals surface area contributed by atoms with Crippen molar-refractivity contribution in [3.8, 4) is 11.3 Å². The van der Waals surface area contributed by atoms with E-state index in [0.29, 0.717) is 15.6 Å². The summed E-state index contributed by atoms with van der Waals surface area (Å²) in [4.78, 5) is 40.4. The molecule has 1 aliphatic heterocycles. The van der Waals surface area contributed by atoms with Crippen molar-refractivity contribution >= 4 is 51.4 Å². The highest BCUT2D eigenvalue weighted by molar-refractivity contribution is 8.18. The van der Waals surface area contributed by atoms with Crippen LogP contribution in [0.4, 0.5) is 9.93 Å². The van der Waals surface area contributed by atoms with Crippen LogP contribution in [-0.4, -0.2) is 22.0 Å². The van der Waals surface area contributed by atoms with Crippen molar-refractivity contribution in [2.24, 2.45) is 0 Å². The van der Waals surface area contributed by atoms with E-state index < -0.39 is 5.91 Å². The summed E-state index contributed by atoms with van der Waals surface area (Å²) in [6.07, 6.45) is 1.62. The van der Waals surface area contributed by atoms with Crippen LogP contribution in [0.5, 0.6) is 0 Å². The van der Waals surface area contributed by atoms with E-state index in [2.05, 4.69) is 48.5 Å². The number of imide groups is 1. The Morgan fingerprint density at radius 3 is 2.31 bits per heavy atom. The number of thioether (sulfide) groups is 1. The molecule has 2 aromatic carbocycles. The van der Waals surface area contributed by atoms with Gasteiger partial charge in [0.15, 0.2) is 5.13 Å². The molecule has 0 bridgehead atoms. The van der Waals surface area contributed by atoms with Gasteiger partial charge in [0.25, 0.3) is 17.1 Å². The average molecular weight is 464 g/mol. The minimum atomic E-state index is -0.408. The van der Waals surface area contributed by atoms with Crippen LogP contribution in [-0.2, 0) is 10.2 Å². The maximum absolute atomic E-state index is 12.6. The van der Waals surface area contributed by atoms with Gasteiger partial charge >= 0.3 is 0 Å². The summed E-state index contributed by atoms with van der Waals surface area (Å²) in [6, 6.07) is 15.1. The molecule has 1 aliphatic rings. The molecule has 2 heterocycles. The molecule has 1 fully saturated rings. The molecule has 3 aromatic rings. The Hall–Kier alpha value is -3.23. The first kappa shape index (κ1) is 22.0. The van der Waals surface area contributed by atoms with E-state index in [1.807, 2.05) is 17.5 Å². The van der Waals surface area contributed by atoms with Crippen molar-refractivity contribution in [3.63, 3.8) is 0 Å². The summed E-state index contributed by atoms with van der Waals surface area (Å²) in [5, 5.41) is 7.10. The molecular formula is C24H21N3O3S2. The van der Waals surface area contributed by atoms with Gasteiger partial charge in [-0.2, -0.15) is 0 Å². The zero-order valence-electron chi connectivity index (χ0n) is 17.8. The van der Waals surface area contributed by atoms with Gasteiger partial charge in [0.1, 0.15) is 0 Å². The Bertz CT molecular complexity index is 1220. The summed E-state index contributed by atoms with van der Waals surface area (Å²) in [6.45, 7) is 6.52. The lowest BCUT2D eigenvalue weighted by Crippen LogP contribution is -2.17. The minimum Gasteiger partial charge on any atom is -0.298 e. The van der Waals surface area contributed by atoms with E-state index in [1.54, 1.807) is 30.3 Å². The monoisotopic (exact) mass is 463 g/mol. The molecule has 32 heavy (non-hydrogen) atoms. The second kappa shape index (κ2) is 8.72. The van der Waals surface area contributed by atoms with Gasteiger partial charge in [-0.3, -0.25) is 25.0 Å². The van der Waals surface area contributed by atoms with Gasteiger partial charge in [-0.1, -0.05) is 57.2 Å². The van der Waals surface area contributed by atoms with Gasteiger partial charge in [-0.15, -0.1) is 11.3 Å². The lowest BCUT2D eigenvalue weighted by molar-refractivity contribution is -0.115. The third-order valence-corrected chi connectivity index (χ3v) is 6.45. The molecule has 0 radical (unpaired) electrons. The van der Waals surface area contributed by atoms with Crippen LogP contribution in [0.2, 0.25) is 0 Å². The number of thiazole rings is 1. The number of aromatic nitrogens is 1. The Morgan fingerprint density at radius 1 is 1.03 bits per heavy atom. The van der Waals surface area contributed by atoms with Crippen molar-refractivity contribution in [3.05, 3.63) is 75.5 Å². The Labute approximate surface area is 194 Å². The molecule has 0 aliphatic carbocycles. The van der Waals surface area contributed by atoms with Gasteiger partial charge in [-0.25, -0.2) is 4.98 Å². The van der Waals surface area contributed by atoms with Gasteiger partial charge in [0.2, 0.25) is 0 Å². The van der Waals surface area contributed by atoms with Gasteiger partial charge in [0, 0.05) is 16.5 Å². The highest BCUT2D eigenvalue weighted by atomic mass is 32.2. The standard InChI is InChI=1S/C24H21N3O3S2/c1-24(2,3)17-10-8-15(9-11-17)18-13-31-22(25-18)26-20(28)16-6-4-14(5-7-16)12-19-21(29)27-23(30)32-19/h4-13H,1-3H3,(H,25,26,28)(H,27,29,30). The van der Waals surface area contributed by atoms with Gasteiger partial charge < -0.3 is 0 Å². The SMILES string of the molecule is CC(C)(C)c1ccc(-c2csc(NC(=O)c3ccc(C=C4SC(=O)NC4=O)cc3)n2)cc1. The number of carbonyl (C=O) groups excluding carboxylic acids is 3. The fraction of sp³-hybridized carbons (Fsp3) is 0.167. The average Bonchev–Trinajstić information content (AvgIpc) is 3.34. The number of benzene rings is 2. The number of nitrogens with one attached hydrogen (secondary N) is 2. The van der Waals surface area contributed by atoms with Crippen molar-refractivity contribution in [1.29, 1.82) is 0 Å². The lowest BCUT2D eigenvalue weighted by Gasteiger charge is -2.18. The number of carbonyl (C=O) groups is 3. The zero-order valence-corrected chi connectivity index (χ0v) is 19.4. The maximum atomic E-state index is 12.6. The zero-order chi connectivity index (χ0) is 22.9. The second-order valence-corrected chi connectivity index (χ2v) is 10.2. The summed E-state index contributed by atoms with van der Waals surface area (Å²) >= 11 is 2.23. The topological polar surface area (TPSA) is 88.2 Å². The number of anilines is 1. The molecule has 1 saturated heterocycles. The van der Waals surface area contributed by atoms with Crippen molar-refractivity contribution in [1.82, 2.24) is 10.3 Å². The molecule has 0 spiro atoms. The molecule has 2 N–H and O–H groups in total. The first-order chi connectivity index (χ1) is 15.2.